The minimum Gasteiger partial charge on any atom is -0.369 e. The SMILES string of the molecule is NN=C(N)N.[Cr]. The van der Waals surface area contributed by atoms with Gasteiger partial charge in [0.15, 0.2) is 0 Å². The van der Waals surface area contributed by atoms with E-state index in [1.807, 2.05) is 0 Å². The molecule has 0 amide bonds. The van der Waals surface area contributed by atoms with Crippen LogP contribution < -0.4 is 17.3 Å². The summed E-state index contributed by atoms with van der Waals surface area (Å²) in [6.07, 6.45) is 0. The third-order valence-electron chi connectivity index (χ3n) is 0.149. The van der Waals surface area contributed by atoms with Crippen LogP contribution in [-0.2, 0) is 17.4 Å². The molecule has 0 aromatic heterocycles. The molecule has 0 fully saturated rings. The zero-order chi connectivity index (χ0) is 4.28. The van der Waals surface area contributed by atoms with Gasteiger partial charge in [0.1, 0.15) is 0 Å². The average Bonchev–Trinajstić information content (AvgIpc) is 1.38. The molecule has 0 spiro atoms. The maximum absolute atomic E-state index is 4.69. The van der Waals surface area contributed by atoms with Crippen LogP contribution in [0.1, 0.15) is 0 Å². The molecule has 0 aliphatic carbocycles. The molecular weight excluding hydrogens is 120 g/mol. The summed E-state index contributed by atoms with van der Waals surface area (Å²) in [6, 6.07) is 0. The molecule has 0 unspecified atom stereocenters. The number of nitrogens with two attached hydrogens (primary N) is 3. The molecule has 0 aromatic carbocycles. The van der Waals surface area contributed by atoms with Crippen molar-refractivity contribution in [1.29, 1.82) is 0 Å². The zero-order valence-corrected chi connectivity index (χ0v) is 4.36. The van der Waals surface area contributed by atoms with Crippen molar-refractivity contribution in [3.05, 3.63) is 0 Å². The average molecular weight is 126 g/mol. The van der Waals surface area contributed by atoms with Gasteiger partial charge in [-0.2, -0.15) is 0 Å². The van der Waals surface area contributed by atoms with E-state index in [4.69, 9.17) is 11.5 Å². The number of nitrogens with zero attached hydrogens (tertiary/aromatic N) is 1. The van der Waals surface area contributed by atoms with E-state index >= 15 is 0 Å². The van der Waals surface area contributed by atoms with E-state index < -0.39 is 0 Å². The van der Waals surface area contributed by atoms with Crippen LogP contribution >= 0.6 is 0 Å². The first-order valence-corrected chi connectivity index (χ1v) is 1.06. The van der Waals surface area contributed by atoms with Crippen LogP contribution in [0.25, 0.3) is 0 Å². The van der Waals surface area contributed by atoms with Gasteiger partial charge in [0, 0.05) is 17.4 Å². The largest absolute Gasteiger partial charge is 0.369 e. The Kier molecular flexibility index (Phi) is 7.01. The molecule has 0 bridgehead atoms. The fraction of sp³-hybridized carbons (Fsp3) is 0. The zero-order valence-electron chi connectivity index (χ0n) is 3.09. The first-order valence-electron chi connectivity index (χ1n) is 1.06. The van der Waals surface area contributed by atoms with E-state index in [0.29, 0.717) is 0 Å². The summed E-state index contributed by atoms with van der Waals surface area (Å²) >= 11 is 0. The molecule has 36 valence electrons. The fourth-order valence-electron chi connectivity index (χ4n) is 0. The number of hydrazone groups is 1. The van der Waals surface area contributed by atoms with Gasteiger partial charge in [-0.15, -0.1) is 5.10 Å². The molecule has 0 aliphatic heterocycles. The maximum Gasteiger partial charge on any atom is 0.208 e. The fourth-order valence-corrected chi connectivity index (χ4v) is 0. The second-order valence-corrected chi connectivity index (χ2v) is 0.554. The van der Waals surface area contributed by atoms with Gasteiger partial charge in [-0.05, 0) is 0 Å². The Morgan fingerprint density at radius 3 is 1.50 bits per heavy atom. The van der Waals surface area contributed by atoms with Crippen LogP contribution in [-0.4, -0.2) is 5.96 Å². The summed E-state index contributed by atoms with van der Waals surface area (Å²) < 4.78 is 0. The van der Waals surface area contributed by atoms with Crippen LogP contribution in [0, 0.1) is 0 Å². The second kappa shape index (κ2) is 4.60. The van der Waals surface area contributed by atoms with Crippen LogP contribution in [0.5, 0.6) is 0 Å². The quantitative estimate of drug-likeness (QED) is 0.154. The predicted molar refractivity (Wildman–Crippen MR) is 20.0 cm³/mol. The van der Waals surface area contributed by atoms with E-state index in [1.54, 1.807) is 0 Å². The van der Waals surface area contributed by atoms with E-state index in [1.165, 1.54) is 0 Å². The van der Waals surface area contributed by atoms with E-state index in [2.05, 4.69) is 10.9 Å². The van der Waals surface area contributed by atoms with E-state index in [-0.39, 0.29) is 23.3 Å². The van der Waals surface area contributed by atoms with Crippen LogP contribution in [0.3, 0.4) is 0 Å². The normalized spacial score (nSPS) is 5.33. The Balaban J connectivity index is 0. The molecule has 0 atom stereocenters. The Morgan fingerprint density at radius 2 is 1.50 bits per heavy atom. The molecule has 5 heteroatoms. The van der Waals surface area contributed by atoms with Gasteiger partial charge < -0.3 is 17.3 Å². The maximum atomic E-state index is 4.69. The van der Waals surface area contributed by atoms with Crippen molar-refractivity contribution in [2.24, 2.45) is 22.4 Å². The molecule has 6 heavy (non-hydrogen) atoms. The molecule has 0 saturated heterocycles. The molecule has 0 aromatic rings. The van der Waals surface area contributed by atoms with Gasteiger partial charge in [0.25, 0.3) is 0 Å². The molecule has 0 rings (SSSR count). The first-order chi connectivity index (χ1) is 2.27. The first kappa shape index (κ1) is 9.14. The third kappa shape index (κ3) is 9.50. The Bertz CT molecular complexity index is 45.5. The van der Waals surface area contributed by atoms with Crippen molar-refractivity contribution in [3.63, 3.8) is 0 Å². The van der Waals surface area contributed by atoms with Crippen LogP contribution in [0.15, 0.2) is 5.10 Å². The summed E-state index contributed by atoms with van der Waals surface area (Å²) in [7, 11) is 0. The predicted octanol–water partition coefficient (Wildman–Crippen LogP) is -1.87. The van der Waals surface area contributed by atoms with Gasteiger partial charge in [-0.3, -0.25) is 0 Å². The van der Waals surface area contributed by atoms with Crippen molar-refractivity contribution in [3.8, 4) is 0 Å². The van der Waals surface area contributed by atoms with E-state index in [9.17, 15) is 0 Å². The van der Waals surface area contributed by atoms with Crippen molar-refractivity contribution >= 4 is 5.96 Å². The van der Waals surface area contributed by atoms with Crippen LogP contribution in [0.2, 0.25) is 0 Å². The number of hydrogen-bond acceptors (Lipinski definition) is 2. The van der Waals surface area contributed by atoms with Gasteiger partial charge in [-0.25, -0.2) is 0 Å². The van der Waals surface area contributed by atoms with Crippen molar-refractivity contribution in [2.75, 3.05) is 0 Å². The molecule has 6 N–H and O–H groups in total. The summed E-state index contributed by atoms with van der Waals surface area (Å²) in [5, 5.41) is 2.86. The number of hydrogen-bond donors (Lipinski definition) is 3. The molecule has 4 nitrogen and oxygen atoms in total. The Morgan fingerprint density at radius 1 is 1.33 bits per heavy atom. The summed E-state index contributed by atoms with van der Waals surface area (Å²) in [5.41, 5.74) is 9.39. The summed E-state index contributed by atoms with van der Waals surface area (Å²) in [4.78, 5) is 0. The molecule has 0 saturated carbocycles. The number of rotatable bonds is 0. The second-order valence-electron chi connectivity index (χ2n) is 0.554. The molecular formula is CH6CrN4. The summed E-state index contributed by atoms with van der Waals surface area (Å²) in [5.74, 6) is 4.42. The molecule has 0 heterocycles. The van der Waals surface area contributed by atoms with Gasteiger partial charge in [-0.1, -0.05) is 0 Å². The van der Waals surface area contributed by atoms with Crippen molar-refractivity contribution in [1.82, 2.24) is 0 Å². The number of guanidine groups is 1. The van der Waals surface area contributed by atoms with Crippen molar-refractivity contribution in [2.45, 2.75) is 0 Å². The van der Waals surface area contributed by atoms with Gasteiger partial charge in [0.2, 0.25) is 5.96 Å². The molecule has 0 radical (unpaired) electrons. The summed E-state index contributed by atoms with van der Waals surface area (Å²) in [6.45, 7) is 0. The standard InChI is InChI=1S/CH6N4.Cr/c2-1(3)5-4;/h4H2,(H4,2,3,5);. The minimum absolute atomic E-state index is 0. The molecule has 0 aliphatic rings. The minimum atomic E-state index is -0.0926. The van der Waals surface area contributed by atoms with Gasteiger partial charge in [0.05, 0.1) is 0 Å². The monoisotopic (exact) mass is 126 g/mol. The van der Waals surface area contributed by atoms with E-state index in [0.717, 1.165) is 0 Å². The third-order valence-corrected chi connectivity index (χ3v) is 0.149. The Labute approximate surface area is 46.5 Å². The van der Waals surface area contributed by atoms with Crippen molar-refractivity contribution < 1.29 is 17.4 Å². The Hall–Kier alpha value is -0.398. The van der Waals surface area contributed by atoms with Gasteiger partial charge >= 0.3 is 0 Å². The van der Waals surface area contributed by atoms with Crippen LogP contribution in [0.4, 0.5) is 0 Å². The smallest absolute Gasteiger partial charge is 0.208 e. The topological polar surface area (TPSA) is 90.4 Å².